The summed E-state index contributed by atoms with van der Waals surface area (Å²) in [7, 11) is 0. The smallest absolute Gasteiger partial charge is 0.257 e. The van der Waals surface area contributed by atoms with Crippen molar-refractivity contribution in [1.29, 1.82) is 0 Å². The summed E-state index contributed by atoms with van der Waals surface area (Å²) < 4.78 is 0. The molecule has 16 heteroatoms. The van der Waals surface area contributed by atoms with E-state index in [-0.39, 0.29) is 11.9 Å². The van der Waals surface area contributed by atoms with Crippen LogP contribution in [0.15, 0.2) is 46.6 Å². The lowest BCUT2D eigenvalue weighted by Crippen LogP contribution is -2.40. The van der Waals surface area contributed by atoms with Crippen LogP contribution in [0.25, 0.3) is 0 Å². The maximum Gasteiger partial charge on any atom is 0.257 e. The fraction of sp³-hybridized carbons (Fsp3) is 0.333. The van der Waals surface area contributed by atoms with Gasteiger partial charge < -0.3 is 9.80 Å². The first-order valence-electron chi connectivity index (χ1n) is 9.92. The van der Waals surface area contributed by atoms with E-state index in [2.05, 4.69) is 30.8 Å². The fourth-order valence-corrected chi connectivity index (χ4v) is 3.31. The third-order valence-corrected chi connectivity index (χ3v) is 5.02. The number of aliphatic imine (C=N–C) groups is 2. The van der Waals surface area contributed by atoms with E-state index < -0.39 is 10.1 Å². The molecule has 2 N–H and O–H groups in total. The highest BCUT2D eigenvalue weighted by Gasteiger charge is 2.21. The molecule has 0 fully saturated rings. The van der Waals surface area contributed by atoms with Gasteiger partial charge in [-0.05, 0) is 23.3 Å². The Balaban J connectivity index is 0.000000191. The molecule has 2 aliphatic heterocycles. The molecule has 0 saturated heterocycles. The zero-order valence-electron chi connectivity index (χ0n) is 17.7. The van der Waals surface area contributed by atoms with E-state index in [1.807, 2.05) is 12.1 Å². The Morgan fingerprint density at radius 3 is 1.53 bits per heavy atom. The molecule has 0 bridgehead atoms. The number of guanidine groups is 2. The first-order chi connectivity index (χ1) is 16.3. The van der Waals surface area contributed by atoms with Crippen LogP contribution in [-0.2, 0) is 13.1 Å². The number of halogens is 2. The molecule has 0 saturated carbocycles. The van der Waals surface area contributed by atoms with Gasteiger partial charge in [0.15, 0.2) is 10.1 Å². The van der Waals surface area contributed by atoms with Gasteiger partial charge in [-0.15, -0.1) is 0 Å². The molecule has 2 aromatic heterocycles. The standard InChI is InChI=1S/2C9H10ClN5O2/c2*10-8-2-1-7(5-12-8)6-14-4-3-11-9(14)13-15(16)17/h2*1-2,5H,3-4,6H2,(H,11,13). The lowest BCUT2D eigenvalue weighted by atomic mass is 10.3. The SMILES string of the molecule is O=[N+]([O-])NC1=NCCN1Cc1ccc(Cl)nc1.O=[N+]([O-])NC1=NCCN1Cc1ccc(Cl)nc1. The van der Waals surface area contributed by atoms with Crippen LogP contribution in [0.3, 0.4) is 0 Å². The zero-order chi connectivity index (χ0) is 24.5. The predicted octanol–water partition coefficient (Wildman–Crippen LogP) is 1.38. The third kappa shape index (κ3) is 7.67. The number of nitrogens with one attached hydrogen (secondary N) is 2. The summed E-state index contributed by atoms with van der Waals surface area (Å²) in [6.45, 7) is 3.44. The van der Waals surface area contributed by atoms with Crippen LogP contribution in [0.5, 0.6) is 0 Å². The minimum atomic E-state index is -0.614. The first-order valence-corrected chi connectivity index (χ1v) is 10.7. The quantitative estimate of drug-likeness (QED) is 0.328. The van der Waals surface area contributed by atoms with Crippen molar-refractivity contribution in [3.63, 3.8) is 0 Å². The van der Waals surface area contributed by atoms with E-state index in [4.69, 9.17) is 23.2 Å². The monoisotopic (exact) mass is 510 g/mol. The van der Waals surface area contributed by atoms with Crippen molar-refractivity contribution >= 4 is 35.1 Å². The number of nitrogens with zero attached hydrogens (tertiary/aromatic N) is 8. The minimum absolute atomic E-state index is 0.282. The Bertz CT molecular complexity index is 980. The Morgan fingerprint density at radius 2 is 1.21 bits per heavy atom. The largest absolute Gasteiger partial charge is 0.332 e. The lowest BCUT2D eigenvalue weighted by molar-refractivity contribution is -0.526. The van der Waals surface area contributed by atoms with Gasteiger partial charge in [0.2, 0.25) is 0 Å². The normalized spacial score (nSPS) is 14.6. The fourth-order valence-electron chi connectivity index (χ4n) is 3.09. The molecule has 0 aromatic carbocycles. The second-order valence-corrected chi connectivity index (χ2v) is 7.74. The molecule has 0 aliphatic carbocycles. The van der Waals surface area contributed by atoms with Crippen LogP contribution < -0.4 is 10.9 Å². The van der Waals surface area contributed by atoms with Crippen LogP contribution in [0.2, 0.25) is 10.3 Å². The van der Waals surface area contributed by atoms with Crippen molar-refractivity contribution in [2.45, 2.75) is 13.1 Å². The summed E-state index contributed by atoms with van der Waals surface area (Å²) in [6, 6.07) is 7.03. The Kier molecular flexibility index (Phi) is 8.70. The van der Waals surface area contributed by atoms with Gasteiger partial charge in [0.1, 0.15) is 10.3 Å². The number of hydrogen-bond acceptors (Lipinski definition) is 10. The Morgan fingerprint density at radius 1 is 0.794 bits per heavy atom. The van der Waals surface area contributed by atoms with Crippen molar-refractivity contribution < 1.29 is 10.1 Å². The summed E-state index contributed by atoms with van der Waals surface area (Å²) in [6.07, 6.45) is 3.29. The first kappa shape index (κ1) is 24.9. The van der Waals surface area contributed by atoms with Crippen LogP contribution >= 0.6 is 23.2 Å². The molecular formula is C18H20Cl2N10O4. The van der Waals surface area contributed by atoms with Crippen molar-refractivity contribution in [2.24, 2.45) is 9.98 Å². The van der Waals surface area contributed by atoms with Gasteiger partial charge in [-0.3, -0.25) is 0 Å². The Labute approximate surface area is 203 Å². The molecule has 4 heterocycles. The number of nitro groups is 2. The summed E-state index contributed by atoms with van der Waals surface area (Å²) in [5.41, 5.74) is 6.00. The van der Waals surface area contributed by atoms with Gasteiger partial charge >= 0.3 is 0 Å². The number of hydrazine groups is 2. The number of pyridine rings is 2. The molecule has 34 heavy (non-hydrogen) atoms. The maximum absolute atomic E-state index is 10.4. The van der Waals surface area contributed by atoms with Crippen molar-refractivity contribution in [2.75, 3.05) is 26.2 Å². The van der Waals surface area contributed by atoms with Crippen LogP contribution in [0.4, 0.5) is 0 Å². The number of rotatable bonds is 6. The van der Waals surface area contributed by atoms with Crippen LogP contribution in [0.1, 0.15) is 11.1 Å². The Hall–Kier alpha value is -3.78. The molecule has 2 aromatic rings. The summed E-state index contributed by atoms with van der Waals surface area (Å²) in [5, 5.41) is 20.3. The molecule has 14 nitrogen and oxygen atoms in total. The van der Waals surface area contributed by atoms with E-state index >= 15 is 0 Å². The second-order valence-electron chi connectivity index (χ2n) is 6.97. The van der Waals surface area contributed by atoms with Gasteiger partial charge in [0.05, 0.1) is 13.1 Å². The highest BCUT2D eigenvalue weighted by atomic mass is 35.5. The van der Waals surface area contributed by atoms with Gasteiger partial charge in [0, 0.05) is 38.6 Å². The van der Waals surface area contributed by atoms with Crippen molar-refractivity contribution in [3.8, 4) is 0 Å². The molecule has 0 unspecified atom stereocenters. The topological polar surface area (TPSA) is 167 Å². The van der Waals surface area contributed by atoms with Crippen LogP contribution in [0, 0.1) is 20.2 Å². The maximum atomic E-state index is 10.4. The lowest BCUT2D eigenvalue weighted by Gasteiger charge is -2.17. The molecule has 0 amide bonds. The molecule has 180 valence electrons. The summed E-state index contributed by atoms with van der Waals surface area (Å²) >= 11 is 11.4. The van der Waals surface area contributed by atoms with E-state index in [1.54, 1.807) is 34.3 Å². The zero-order valence-corrected chi connectivity index (χ0v) is 19.2. The van der Waals surface area contributed by atoms with E-state index in [0.717, 1.165) is 11.1 Å². The highest BCUT2D eigenvalue weighted by molar-refractivity contribution is 6.29. The van der Waals surface area contributed by atoms with Gasteiger partial charge in [0.25, 0.3) is 11.9 Å². The average Bonchev–Trinajstić information content (AvgIpc) is 3.40. The molecule has 0 spiro atoms. The number of aromatic nitrogens is 2. The minimum Gasteiger partial charge on any atom is -0.332 e. The van der Waals surface area contributed by atoms with E-state index in [1.165, 1.54) is 0 Å². The number of hydrogen-bond donors (Lipinski definition) is 2. The second kappa shape index (κ2) is 11.9. The van der Waals surface area contributed by atoms with Crippen molar-refractivity contribution in [3.05, 3.63) is 78.3 Å². The third-order valence-electron chi connectivity index (χ3n) is 4.57. The average molecular weight is 511 g/mol. The summed E-state index contributed by atoms with van der Waals surface area (Å²) in [4.78, 5) is 40.2. The molecule has 0 radical (unpaired) electrons. The molecule has 0 atom stereocenters. The van der Waals surface area contributed by atoms with Gasteiger partial charge in [-0.2, -0.15) is 0 Å². The van der Waals surface area contributed by atoms with E-state index in [0.29, 0.717) is 49.6 Å². The highest BCUT2D eigenvalue weighted by Crippen LogP contribution is 2.11. The van der Waals surface area contributed by atoms with Crippen LogP contribution in [-0.4, -0.2) is 67.9 Å². The van der Waals surface area contributed by atoms with Gasteiger partial charge in [-0.25, -0.2) is 40.2 Å². The molecule has 2 aliphatic rings. The molecular weight excluding hydrogens is 491 g/mol. The van der Waals surface area contributed by atoms with Crippen molar-refractivity contribution in [1.82, 2.24) is 30.6 Å². The predicted molar refractivity (Wildman–Crippen MR) is 124 cm³/mol. The van der Waals surface area contributed by atoms with E-state index in [9.17, 15) is 20.2 Å². The summed E-state index contributed by atoms with van der Waals surface area (Å²) in [5.74, 6) is 0.565. The molecule has 4 rings (SSSR count). The van der Waals surface area contributed by atoms with Gasteiger partial charge in [-0.1, -0.05) is 46.2 Å².